The molecule has 0 amide bonds. The van der Waals surface area contributed by atoms with Crippen molar-refractivity contribution < 1.29 is 29.6 Å². The van der Waals surface area contributed by atoms with Crippen molar-refractivity contribution in [1.29, 1.82) is 0 Å². The molecule has 1 fully saturated rings. The lowest BCUT2D eigenvalue weighted by molar-refractivity contribution is -0.159. The summed E-state index contributed by atoms with van der Waals surface area (Å²) in [6.07, 6.45) is 0.488. The third-order valence-electron chi connectivity index (χ3n) is 4.97. The molecule has 2 aromatic rings. The number of aliphatic carboxylic acids is 2. The summed E-state index contributed by atoms with van der Waals surface area (Å²) in [6.45, 7) is 6.71. The fraction of sp³-hybridized carbons (Fsp3) is 0.391. The molecule has 8 nitrogen and oxygen atoms in total. The Morgan fingerprint density at radius 3 is 2.28 bits per heavy atom. The van der Waals surface area contributed by atoms with Gasteiger partial charge in [0.25, 0.3) is 0 Å². The van der Waals surface area contributed by atoms with Gasteiger partial charge in [-0.25, -0.2) is 9.59 Å². The molecule has 1 atom stereocenters. The van der Waals surface area contributed by atoms with Crippen LogP contribution in [0.2, 0.25) is 5.02 Å². The lowest BCUT2D eigenvalue weighted by Crippen LogP contribution is -2.49. The molecule has 0 bridgehead atoms. The highest BCUT2D eigenvalue weighted by Crippen LogP contribution is 2.26. The summed E-state index contributed by atoms with van der Waals surface area (Å²) >= 11 is 6.29. The summed E-state index contributed by atoms with van der Waals surface area (Å²) in [5.41, 5.74) is 2.33. The number of carboxylic acids is 2. The van der Waals surface area contributed by atoms with Crippen molar-refractivity contribution in [2.75, 3.05) is 44.2 Å². The van der Waals surface area contributed by atoms with Gasteiger partial charge in [0.2, 0.25) is 0 Å². The number of benzene rings is 2. The van der Waals surface area contributed by atoms with Crippen molar-refractivity contribution in [1.82, 2.24) is 4.90 Å². The van der Waals surface area contributed by atoms with Crippen molar-refractivity contribution in [3.8, 4) is 5.75 Å². The van der Waals surface area contributed by atoms with Gasteiger partial charge >= 0.3 is 11.9 Å². The number of carbonyl (C=O) groups is 2. The van der Waals surface area contributed by atoms with E-state index in [1.165, 1.54) is 5.56 Å². The number of aliphatic hydroxyl groups excluding tert-OH is 1. The molecule has 0 aliphatic carbocycles. The first-order valence-electron chi connectivity index (χ1n) is 10.4. The van der Waals surface area contributed by atoms with Crippen LogP contribution in [0.4, 0.5) is 5.69 Å². The van der Waals surface area contributed by atoms with Crippen LogP contribution >= 0.6 is 11.6 Å². The van der Waals surface area contributed by atoms with Crippen LogP contribution in [0.15, 0.2) is 48.5 Å². The van der Waals surface area contributed by atoms with E-state index in [4.69, 9.17) is 36.1 Å². The third-order valence-corrected chi connectivity index (χ3v) is 5.29. The van der Waals surface area contributed by atoms with E-state index in [1.807, 2.05) is 36.4 Å². The summed E-state index contributed by atoms with van der Waals surface area (Å²) in [6, 6.07) is 16.0. The maximum absolute atomic E-state index is 10.3. The number of aryl methyl sites for hydroxylation is 1. The Kier molecular flexibility index (Phi) is 10.3. The molecule has 3 N–H and O–H groups in total. The van der Waals surface area contributed by atoms with E-state index in [0.717, 1.165) is 49.1 Å². The number of halogens is 1. The average Bonchev–Trinajstić information content (AvgIpc) is 2.79. The maximum atomic E-state index is 10.3. The number of carboxylic acid groups (broad SMARTS) is 2. The molecule has 0 spiro atoms. The van der Waals surface area contributed by atoms with Crippen LogP contribution in [-0.2, 0) is 16.0 Å². The zero-order valence-electron chi connectivity index (χ0n) is 18.0. The molecule has 1 unspecified atom stereocenters. The van der Waals surface area contributed by atoms with Gasteiger partial charge in [0.15, 0.2) is 0 Å². The lowest BCUT2D eigenvalue weighted by atomic mass is 10.2. The molecule has 1 aliphatic rings. The van der Waals surface area contributed by atoms with Crippen LogP contribution in [0.3, 0.4) is 0 Å². The molecule has 1 aliphatic heterocycles. The summed E-state index contributed by atoms with van der Waals surface area (Å²) in [5, 5.41) is 25.9. The minimum atomic E-state index is -1.82. The molecule has 32 heavy (non-hydrogen) atoms. The van der Waals surface area contributed by atoms with Gasteiger partial charge in [-0.15, -0.1) is 0 Å². The summed E-state index contributed by atoms with van der Waals surface area (Å²) in [4.78, 5) is 22.8. The highest BCUT2D eigenvalue weighted by Gasteiger charge is 2.20. The number of hydrogen-bond acceptors (Lipinski definition) is 6. The molecule has 1 saturated heterocycles. The molecule has 9 heteroatoms. The van der Waals surface area contributed by atoms with Gasteiger partial charge < -0.3 is 25.0 Å². The van der Waals surface area contributed by atoms with E-state index in [0.29, 0.717) is 13.2 Å². The smallest absolute Gasteiger partial charge is 0.414 e. The van der Waals surface area contributed by atoms with Crippen LogP contribution in [0, 0.1) is 0 Å². The van der Waals surface area contributed by atoms with Crippen LogP contribution < -0.4 is 9.64 Å². The van der Waals surface area contributed by atoms with Gasteiger partial charge in [-0.2, -0.15) is 0 Å². The zero-order valence-corrected chi connectivity index (χ0v) is 18.7. The molecule has 2 aromatic carbocycles. The topological polar surface area (TPSA) is 111 Å². The molecular formula is C23H29ClN2O6. The second-order valence-electron chi connectivity index (χ2n) is 7.32. The number of piperazine rings is 1. The Hall–Kier alpha value is -2.81. The molecule has 3 rings (SSSR count). The first-order valence-corrected chi connectivity index (χ1v) is 10.8. The fourth-order valence-electron chi connectivity index (χ4n) is 3.28. The standard InChI is InChI=1S/C21H27ClN2O2.C2H2O4/c1-2-17-6-5-7-19(14-17)26-16-18(25)15-23-10-12-24(13-11-23)21-9-4-3-8-20(21)22;3-1(4)2(5)6/h3-9,14,18,25H,2,10-13,15-16H2,1H3;(H,3,4)(H,5,6). The normalized spacial score (nSPS) is 14.8. The largest absolute Gasteiger partial charge is 0.491 e. The van der Waals surface area contributed by atoms with E-state index < -0.39 is 18.0 Å². The number of nitrogens with zero attached hydrogens (tertiary/aromatic N) is 2. The Morgan fingerprint density at radius 1 is 1.03 bits per heavy atom. The Labute approximate surface area is 192 Å². The molecule has 0 aromatic heterocycles. The van der Waals surface area contributed by atoms with Gasteiger partial charge in [0.05, 0.1) is 10.7 Å². The highest BCUT2D eigenvalue weighted by molar-refractivity contribution is 6.33. The number of aliphatic hydroxyl groups is 1. The van der Waals surface area contributed by atoms with Crippen LogP contribution in [0.25, 0.3) is 0 Å². The van der Waals surface area contributed by atoms with E-state index in [9.17, 15) is 5.11 Å². The zero-order chi connectivity index (χ0) is 23.5. The van der Waals surface area contributed by atoms with Crippen LogP contribution in [0.5, 0.6) is 5.75 Å². The molecule has 0 saturated carbocycles. The van der Waals surface area contributed by atoms with Crippen molar-refractivity contribution in [2.24, 2.45) is 0 Å². The van der Waals surface area contributed by atoms with E-state index in [1.54, 1.807) is 0 Å². The van der Waals surface area contributed by atoms with Gasteiger partial charge in [-0.1, -0.05) is 42.8 Å². The number of β-amino-alcohol motifs (C(OH)–C–C–N with tert-alkyl or cyclic N) is 1. The van der Waals surface area contributed by atoms with Crippen molar-refractivity contribution in [3.05, 3.63) is 59.1 Å². The first-order chi connectivity index (χ1) is 15.3. The molecule has 174 valence electrons. The summed E-state index contributed by atoms with van der Waals surface area (Å²) in [5.74, 6) is -2.82. The van der Waals surface area contributed by atoms with Crippen LogP contribution in [-0.4, -0.2) is 77.6 Å². The number of para-hydroxylation sites is 1. The van der Waals surface area contributed by atoms with E-state index >= 15 is 0 Å². The minimum absolute atomic E-state index is 0.317. The second kappa shape index (κ2) is 12.9. The van der Waals surface area contributed by atoms with Crippen molar-refractivity contribution in [3.63, 3.8) is 0 Å². The van der Waals surface area contributed by atoms with Crippen molar-refractivity contribution in [2.45, 2.75) is 19.4 Å². The second-order valence-corrected chi connectivity index (χ2v) is 7.72. The number of rotatable bonds is 7. The Morgan fingerprint density at radius 2 is 1.69 bits per heavy atom. The number of anilines is 1. The van der Waals surface area contributed by atoms with Gasteiger partial charge in [-0.05, 0) is 36.2 Å². The van der Waals surface area contributed by atoms with Crippen LogP contribution in [0.1, 0.15) is 12.5 Å². The number of ether oxygens (including phenoxy) is 1. The van der Waals surface area contributed by atoms with E-state index in [-0.39, 0.29) is 0 Å². The predicted molar refractivity (Wildman–Crippen MR) is 123 cm³/mol. The fourth-order valence-corrected chi connectivity index (χ4v) is 3.53. The Bertz CT molecular complexity index is 874. The highest BCUT2D eigenvalue weighted by atomic mass is 35.5. The molecule has 1 heterocycles. The lowest BCUT2D eigenvalue weighted by Gasteiger charge is -2.37. The maximum Gasteiger partial charge on any atom is 0.414 e. The Balaban J connectivity index is 0.000000534. The monoisotopic (exact) mass is 464 g/mol. The minimum Gasteiger partial charge on any atom is -0.491 e. The quantitative estimate of drug-likeness (QED) is 0.536. The summed E-state index contributed by atoms with van der Waals surface area (Å²) < 4.78 is 5.75. The molecule has 0 radical (unpaired) electrons. The van der Waals surface area contributed by atoms with Gasteiger partial charge in [0, 0.05) is 32.7 Å². The SMILES string of the molecule is CCc1cccc(OCC(O)CN2CCN(c3ccccc3Cl)CC2)c1.O=C(O)C(=O)O. The average molecular weight is 465 g/mol. The van der Waals surface area contributed by atoms with Gasteiger partial charge in [0.1, 0.15) is 18.5 Å². The third kappa shape index (κ3) is 8.37. The number of hydrogen-bond donors (Lipinski definition) is 3. The predicted octanol–water partition coefficient (Wildman–Crippen LogP) is 2.62. The van der Waals surface area contributed by atoms with Gasteiger partial charge in [-0.3, -0.25) is 4.90 Å². The molecular weight excluding hydrogens is 436 g/mol. The summed E-state index contributed by atoms with van der Waals surface area (Å²) in [7, 11) is 0. The van der Waals surface area contributed by atoms with Crippen molar-refractivity contribution >= 4 is 29.2 Å². The van der Waals surface area contributed by atoms with E-state index in [2.05, 4.69) is 28.9 Å². The first kappa shape index (κ1) is 25.5.